The van der Waals surface area contributed by atoms with Gasteiger partial charge < -0.3 is 4.74 Å². The normalized spacial score (nSPS) is 13.3. The van der Waals surface area contributed by atoms with Crippen LogP contribution >= 0.6 is 0 Å². The molecule has 3 heteroatoms. The fourth-order valence-corrected chi connectivity index (χ4v) is 2.92. The van der Waals surface area contributed by atoms with Gasteiger partial charge in [0.25, 0.3) is 0 Å². The molecule has 0 bridgehead atoms. The van der Waals surface area contributed by atoms with Gasteiger partial charge in [0.15, 0.2) is 0 Å². The molecule has 0 spiro atoms. The van der Waals surface area contributed by atoms with Gasteiger partial charge >= 0.3 is 11.9 Å². The molecular formula is C22H40O3. The molecule has 1 saturated heterocycles. The second kappa shape index (κ2) is 19.2. The van der Waals surface area contributed by atoms with Gasteiger partial charge in [-0.25, -0.2) is 0 Å². The number of hydrogen-bond donors (Lipinski definition) is 0. The Hall–Kier alpha value is -1.12. The van der Waals surface area contributed by atoms with Gasteiger partial charge in [0.05, 0.1) is 12.8 Å². The van der Waals surface area contributed by atoms with Crippen molar-refractivity contribution in [2.24, 2.45) is 0 Å². The highest BCUT2D eigenvalue weighted by molar-refractivity contribution is 5.92. The first-order valence-corrected chi connectivity index (χ1v) is 10.5. The van der Waals surface area contributed by atoms with Crippen molar-refractivity contribution >= 4 is 11.9 Å². The number of hydrogen-bond acceptors (Lipinski definition) is 3. The van der Waals surface area contributed by atoms with Crippen LogP contribution in [0.15, 0.2) is 12.7 Å². The average molecular weight is 353 g/mol. The predicted octanol–water partition coefficient (Wildman–Crippen LogP) is 6.89. The van der Waals surface area contributed by atoms with Crippen LogP contribution in [0.3, 0.4) is 0 Å². The molecule has 1 heterocycles. The van der Waals surface area contributed by atoms with Crippen LogP contribution in [-0.4, -0.2) is 11.9 Å². The number of esters is 2. The van der Waals surface area contributed by atoms with E-state index in [-0.39, 0.29) is 12.8 Å². The Bertz CT molecular complexity index is 322. The molecule has 0 aromatic carbocycles. The topological polar surface area (TPSA) is 43.4 Å². The minimum Gasteiger partial charge on any atom is -0.393 e. The highest BCUT2D eigenvalue weighted by atomic mass is 16.6. The molecule has 3 nitrogen and oxygen atoms in total. The van der Waals surface area contributed by atoms with Gasteiger partial charge in [-0.15, -0.1) is 6.58 Å². The van der Waals surface area contributed by atoms with Crippen molar-refractivity contribution in [1.82, 2.24) is 0 Å². The lowest BCUT2D eigenvalue weighted by atomic mass is 10.0. The number of carbonyl (C=O) groups is 2. The van der Waals surface area contributed by atoms with Crippen LogP contribution in [0.2, 0.25) is 0 Å². The molecule has 1 fully saturated rings. The molecule has 25 heavy (non-hydrogen) atoms. The first-order valence-electron chi connectivity index (χ1n) is 10.5. The predicted molar refractivity (Wildman–Crippen MR) is 105 cm³/mol. The van der Waals surface area contributed by atoms with E-state index in [9.17, 15) is 9.59 Å². The second-order valence-electron chi connectivity index (χ2n) is 7.02. The molecule has 1 rings (SSSR count). The minimum absolute atomic E-state index is 0.263. The Morgan fingerprint density at radius 1 is 0.720 bits per heavy atom. The number of unbranched alkanes of at least 4 members (excludes halogenated alkanes) is 14. The van der Waals surface area contributed by atoms with Gasteiger partial charge in [-0.3, -0.25) is 9.59 Å². The summed E-state index contributed by atoms with van der Waals surface area (Å²) in [5.74, 6) is -0.796. The van der Waals surface area contributed by atoms with E-state index in [0.717, 1.165) is 0 Å². The molecule has 0 N–H and O–H groups in total. The minimum atomic E-state index is -0.398. The Labute approximate surface area is 155 Å². The van der Waals surface area contributed by atoms with Crippen molar-refractivity contribution in [3.05, 3.63) is 12.7 Å². The maximum absolute atomic E-state index is 10.0. The highest BCUT2D eigenvalue weighted by Crippen LogP contribution is 2.13. The summed E-state index contributed by atoms with van der Waals surface area (Å²) in [6, 6.07) is 0. The standard InChI is InChI=1S/C18H36.C4H4O3/c1-3-5-7-9-11-13-15-17-18-16-14-12-10-8-6-4-2;5-3-1-2-4(6)7-3/h3H,1,4-18H2,2H3;1-2H2. The van der Waals surface area contributed by atoms with E-state index >= 15 is 0 Å². The van der Waals surface area contributed by atoms with Crippen LogP contribution in [0.4, 0.5) is 0 Å². The first kappa shape index (κ1) is 23.9. The molecule has 0 aromatic heterocycles. The lowest BCUT2D eigenvalue weighted by Crippen LogP contribution is -1.94. The zero-order chi connectivity index (χ0) is 18.6. The third-order valence-electron chi connectivity index (χ3n) is 4.52. The Morgan fingerprint density at radius 2 is 1.08 bits per heavy atom. The maximum Gasteiger partial charge on any atom is 0.314 e. The van der Waals surface area contributed by atoms with Crippen molar-refractivity contribution in [1.29, 1.82) is 0 Å². The maximum atomic E-state index is 10.0. The SMILES string of the molecule is C=CCCCCCCCCCCCCCCCC.O=C1CCC(=O)O1. The van der Waals surface area contributed by atoms with Gasteiger partial charge in [-0.05, 0) is 12.8 Å². The molecule has 0 aliphatic carbocycles. The van der Waals surface area contributed by atoms with Gasteiger partial charge in [-0.1, -0.05) is 96.5 Å². The Kier molecular flexibility index (Phi) is 18.3. The molecule has 0 aromatic rings. The summed E-state index contributed by atoms with van der Waals surface area (Å²) in [6.07, 6.45) is 24.0. The molecule has 1 aliphatic rings. The summed E-state index contributed by atoms with van der Waals surface area (Å²) < 4.78 is 4.08. The summed E-state index contributed by atoms with van der Waals surface area (Å²) in [4.78, 5) is 20.0. The quantitative estimate of drug-likeness (QED) is 0.139. The molecule has 0 radical (unpaired) electrons. The van der Waals surface area contributed by atoms with E-state index in [2.05, 4.69) is 18.2 Å². The van der Waals surface area contributed by atoms with Gasteiger partial charge in [0.1, 0.15) is 0 Å². The summed E-state index contributed by atoms with van der Waals surface area (Å²) >= 11 is 0. The largest absolute Gasteiger partial charge is 0.393 e. The third kappa shape index (κ3) is 19.1. The Morgan fingerprint density at radius 3 is 1.36 bits per heavy atom. The van der Waals surface area contributed by atoms with Gasteiger partial charge in [0, 0.05) is 0 Å². The molecule has 1 aliphatic heterocycles. The second-order valence-corrected chi connectivity index (χ2v) is 7.02. The number of ether oxygens (including phenoxy) is 1. The van der Waals surface area contributed by atoms with Crippen LogP contribution in [-0.2, 0) is 14.3 Å². The van der Waals surface area contributed by atoms with Crippen LogP contribution < -0.4 is 0 Å². The van der Waals surface area contributed by atoms with E-state index in [0.29, 0.717) is 0 Å². The molecule has 0 amide bonds. The van der Waals surface area contributed by atoms with Crippen LogP contribution in [0.5, 0.6) is 0 Å². The van der Waals surface area contributed by atoms with Gasteiger partial charge in [0.2, 0.25) is 0 Å². The van der Waals surface area contributed by atoms with E-state index in [1.165, 1.54) is 96.3 Å². The molecule has 0 saturated carbocycles. The zero-order valence-corrected chi connectivity index (χ0v) is 16.5. The molecule has 146 valence electrons. The van der Waals surface area contributed by atoms with Crippen molar-refractivity contribution in [3.8, 4) is 0 Å². The number of allylic oxidation sites excluding steroid dienone is 1. The first-order chi connectivity index (χ1) is 12.2. The number of cyclic esters (lactones) is 2. The fourth-order valence-electron chi connectivity index (χ4n) is 2.92. The summed E-state index contributed by atoms with van der Waals surface area (Å²) in [6.45, 7) is 6.05. The van der Waals surface area contributed by atoms with E-state index in [1.807, 2.05) is 6.08 Å². The van der Waals surface area contributed by atoms with Gasteiger partial charge in [-0.2, -0.15) is 0 Å². The summed E-state index contributed by atoms with van der Waals surface area (Å²) in [7, 11) is 0. The van der Waals surface area contributed by atoms with Crippen molar-refractivity contribution < 1.29 is 14.3 Å². The number of carbonyl (C=O) groups excluding carboxylic acids is 2. The Balaban J connectivity index is 0.000000676. The fraction of sp³-hybridized carbons (Fsp3) is 0.818. The lowest BCUT2D eigenvalue weighted by Gasteiger charge is -2.02. The summed E-state index contributed by atoms with van der Waals surface area (Å²) in [5.41, 5.74) is 0. The van der Waals surface area contributed by atoms with Crippen molar-refractivity contribution in [2.75, 3.05) is 0 Å². The van der Waals surface area contributed by atoms with Crippen molar-refractivity contribution in [2.45, 2.75) is 116 Å². The summed E-state index contributed by atoms with van der Waals surface area (Å²) in [5, 5.41) is 0. The smallest absolute Gasteiger partial charge is 0.314 e. The third-order valence-corrected chi connectivity index (χ3v) is 4.52. The average Bonchev–Trinajstić information content (AvgIpc) is 2.99. The highest BCUT2D eigenvalue weighted by Gasteiger charge is 2.19. The molecular weight excluding hydrogens is 312 g/mol. The molecule has 0 atom stereocenters. The molecule has 0 unspecified atom stereocenters. The number of rotatable bonds is 15. The zero-order valence-electron chi connectivity index (χ0n) is 16.5. The monoisotopic (exact) mass is 352 g/mol. The van der Waals surface area contributed by atoms with Crippen LogP contribution in [0.25, 0.3) is 0 Å². The van der Waals surface area contributed by atoms with Crippen LogP contribution in [0.1, 0.15) is 116 Å². The van der Waals surface area contributed by atoms with E-state index in [4.69, 9.17) is 0 Å². The van der Waals surface area contributed by atoms with E-state index in [1.54, 1.807) is 0 Å². The van der Waals surface area contributed by atoms with Crippen molar-refractivity contribution in [3.63, 3.8) is 0 Å². The van der Waals surface area contributed by atoms with E-state index < -0.39 is 11.9 Å². The lowest BCUT2D eigenvalue weighted by molar-refractivity contribution is -0.151. The van der Waals surface area contributed by atoms with Crippen LogP contribution in [0, 0.1) is 0 Å².